The minimum absolute atomic E-state index is 0.0991. The van der Waals surface area contributed by atoms with Gasteiger partial charge in [0, 0.05) is 11.3 Å². The van der Waals surface area contributed by atoms with Crippen LogP contribution in [0.1, 0.15) is 5.56 Å². The van der Waals surface area contributed by atoms with Crippen LogP contribution < -0.4 is 15.5 Å². The Morgan fingerprint density at radius 3 is 2.54 bits per heavy atom. The third kappa shape index (κ3) is 2.22. The number of nitrogens with two attached hydrogens (primary N) is 1. The van der Waals surface area contributed by atoms with E-state index in [0.29, 0.717) is 16.9 Å². The standard InChI is InChI=1S/C18H14FN3O3S/c19-11-5-7-12(8-6-11)22-16(24)10-26-18(22)13-3-1-2-4-14(13)21(17(18)25)9-15(20)23/h1-8H,9-10H2,(H2,20,23)/t18-/m0/s1. The van der Waals surface area contributed by atoms with Crippen molar-refractivity contribution in [1.82, 2.24) is 0 Å². The van der Waals surface area contributed by atoms with E-state index in [-0.39, 0.29) is 18.2 Å². The molecule has 4 rings (SSSR count). The second-order valence-corrected chi connectivity index (χ2v) is 7.18. The number of benzene rings is 2. The summed E-state index contributed by atoms with van der Waals surface area (Å²) < 4.78 is 13.3. The topological polar surface area (TPSA) is 83.7 Å². The van der Waals surface area contributed by atoms with Crippen LogP contribution in [0.15, 0.2) is 48.5 Å². The van der Waals surface area contributed by atoms with Crippen LogP contribution in [0.25, 0.3) is 0 Å². The summed E-state index contributed by atoms with van der Waals surface area (Å²) >= 11 is 1.19. The highest BCUT2D eigenvalue weighted by Gasteiger charge is 2.61. The molecule has 2 N–H and O–H groups in total. The van der Waals surface area contributed by atoms with Gasteiger partial charge in [0.15, 0.2) is 0 Å². The summed E-state index contributed by atoms with van der Waals surface area (Å²) in [5.74, 6) is -1.64. The van der Waals surface area contributed by atoms with Gasteiger partial charge in [-0.05, 0) is 30.3 Å². The molecule has 2 aromatic carbocycles. The molecule has 1 atom stereocenters. The van der Waals surface area contributed by atoms with Crippen molar-refractivity contribution in [2.45, 2.75) is 4.87 Å². The quantitative estimate of drug-likeness (QED) is 0.888. The van der Waals surface area contributed by atoms with Crippen LogP contribution in [0.4, 0.5) is 15.8 Å². The summed E-state index contributed by atoms with van der Waals surface area (Å²) in [6.07, 6.45) is 0. The zero-order valence-electron chi connectivity index (χ0n) is 13.5. The molecule has 26 heavy (non-hydrogen) atoms. The summed E-state index contributed by atoms with van der Waals surface area (Å²) in [6.45, 7) is -0.274. The number of rotatable bonds is 3. The van der Waals surface area contributed by atoms with Gasteiger partial charge in [-0.2, -0.15) is 0 Å². The maximum atomic E-state index is 13.3. The molecule has 132 valence electrons. The number of carbonyl (C=O) groups excluding carboxylic acids is 3. The summed E-state index contributed by atoms with van der Waals surface area (Å²) in [6, 6.07) is 12.4. The van der Waals surface area contributed by atoms with Crippen molar-refractivity contribution in [2.24, 2.45) is 5.73 Å². The lowest BCUT2D eigenvalue weighted by atomic mass is 10.0. The maximum absolute atomic E-state index is 13.3. The van der Waals surface area contributed by atoms with Crippen molar-refractivity contribution >= 4 is 40.9 Å². The first-order valence-electron chi connectivity index (χ1n) is 7.87. The average Bonchev–Trinajstić information content (AvgIpc) is 3.08. The van der Waals surface area contributed by atoms with E-state index in [1.807, 2.05) is 0 Å². The third-order valence-electron chi connectivity index (χ3n) is 4.46. The fourth-order valence-electron chi connectivity index (χ4n) is 3.46. The summed E-state index contributed by atoms with van der Waals surface area (Å²) in [5, 5.41) is 0. The van der Waals surface area contributed by atoms with Crippen LogP contribution in [0.5, 0.6) is 0 Å². The van der Waals surface area contributed by atoms with E-state index in [1.165, 1.54) is 45.8 Å². The summed E-state index contributed by atoms with van der Waals surface area (Å²) in [4.78, 5) is 38.8. The van der Waals surface area contributed by atoms with Gasteiger partial charge < -0.3 is 5.73 Å². The summed E-state index contributed by atoms with van der Waals surface area (Å²) in [7, 11) is 0. The molecule has 1 fully saturated rings. The van der Waals surface area contributed by atoms with Gasteiger partial charge in [-0.25, -0.2) is 4.39 Å². The Hall–Kier alpha value is -2.87. The predicted molar refractivity (Wildman–Crippen MR) is 96.0 cm³/mol. The number of hydrogen-bond acceptors (Lipinski definition) is 4. The maximum Gasteiger partial charge on any atom is 0.269 e. The monoisotopic (exact) mass is 371 g/mol. The minimum Gasteiger partial charge on any atom is -0.368 e. The highest BCUT2D eigenvalue weighted by atomic mass is 32.2. The van der Waals surface area contributed by atoms with Crippen molar-refractivity contribution in [1.29, 1.82) is 0 Å². The molecule has 3 amide bonds. The van der Waals surface area contributed by atoms with E-state index in [4.69, 9.17) is 5.73 Å². The molecular formula is C18H14FN3O3S. The fraction of sp³-hybridized carbons (Fsp3) is 0.167. The van der Waals surface area contributed by atoms with E-state index in [0.717, 1.165) is 0 Å². The largest absolute Gasteiger partial charge is 0.368 e. The number of halogens is 1. The Bertz CT molecular complexity index is 934. The number of amides is 3. The molecule has 1 saturated heterocycles. The van der Waals surface area contributed by atoms with Crippen molar-refractivity contribution < 1.29 is 18.8 Å². The molecule has 6 nitrogen and oxygen atoms in total. The number of fused-ring (bicyclic) bond motifs is 2. The minimum atomic E-state index is -1.32. The van der Waals surface area contributed by atoms with Gasteiger partial charge in [0.1, 0.15) is 12.4 Å². The lowest BCUT2D eigenvalue weighted by Crippen LogP contribution is -2.51. The number of anilines is 2. The summed E-state index contributed by atoms with van der Waals surface area (Å²) in [5.41, 5.74) is 6.89. The van der Waals surface area contributed by atoms with Gasteiger partial charge in [0.25, 0.3) is 5.91 Å². The zero-order valence-corrected chi connectivity index (χ0v) is 14.3. The molecule has 2 aliphatic heterocycles. The van der Waals surface area contributed by atoms with Crippen LogP contribution >= 0.6 is 11.8 Å². The number of primary amides is 1. The van der Waals surface area contributed by atoms with E-state index in [9.17, 15) is 18.8 Å². The molecule has 0 bridgehead atoms. The molecule has 0 aromatic heterocycles. The van der Waals surface area contributed by atoms with Crippen molar-refractivity contribution in [3.63, 3.8) is 0 Å². The normalized spacial score (nSPS) is 21.6. The SMILES string of the molecule is NC(=O)CN1C(=O)[C@@]2(SCC(=O)N2c2ccc(F)cc2)c2ccccc21. The van der Waals surface area contributed by atoms with Crippen LogP contribution in [0, 0.1) is 5.82 Å². The van der Waals surface area contributed by atoms with Crippen molar-refractivity contribution in [2.75, 3.05) is 22.1 Å². The first-order chi connectivity index (χ1) is 12.4. The van der Waals surface area contributed by atoms with Crippen LogP contribution in [0.3, 0.4) is 0 Å². The predicted octanol–water partition coefficient (Wildman–Crippen LogP) is 1.59. The zero-order chi connectivity index (χ0) is 18.5. The lowest BCUT2D eigenvalue weighted by Gasteiger charge is -2.33. The molecule has 2 aromatic rings. The number of carbonyl (C=O) groups is 3. The van der Waals surface area contributed by atoms with Gasteiger partial charge >= 0.3 is 0 Å². The third-order valence-corrected chi connectivity index (χ3v) is 5.85. The Balaban J connectivity index is 1.91. The second kappa shape index (κ2) is 5.84. The number of nitrogens with zero attached hydrogens (tertiary/aromatic N) is 2. The van der Waals surface area contributed by atoms with E-state index >= 15 is 0 Å². The Labute approximate surface area is 152 Å². The van der Waals surface area contributed by atoms with Crippen molar-refractivity contribution in [3.8, 4) is 0 Å². The average molecular weight is 371 g/mol. The van der Waals surface area contributed by atoms with Crippen LogP contribution in [0.2, 0.25) is 0 Å². The number of thioether (sulfide) groups is 1. The van der Waals surface area contributed by atoms with Crippen LogP contribution in [-0.2, 0) is 19.3 Å². The molecule has 0 saturated carbocycles. The fourth-order valence-corrected chi connectivity index (χ4v) is 4.82. The molecule has 0 radical (unpaired) electrons. The Morgan fingerprint density at radius 2 is 1.85 bits per heavy atom. The Kier molecular flexibility index (Phi) is 3.73. The van der Waals surface area contributed by atoms with Crippen molar-refractivity contribution in [3.05, 3.63) is 59.9 Å². The molecule has 2 aliphatic rings. The lowest BCUT2D eigenvalue weighted by molar-refractivity contribution is -0.125. The first-order valence-corrected chi connectivity index (χ1v) is 8.86. The molecule has 0 aliphatic carbocycles. The highest BCUT2D eigenvalue weighted by molar-refractivity contribution is 8.02. The second-order valence-electron chi connectivity index (χ2n) is 6.01. The molecule has 1 spiro atoms. The van der Waals surface area contributed by atoms with Gasteiger partial charge in [0.05, 0.1) is 11.4 Å². The van der Waals surface area contributed by atoms with Gasteiger partial charge in [-0.1, -0.05) is 18.2 Å². The van der Waals surface area contributed by atoms with Gasteiger partial charge in [-0.15, -0.1) is 11.8 Å². The molecule has 8 heteroatoms. The molecule has 2 heterocycles. The van der Waals surface area contributed by atoms with Crippen LogP contribution in [-0.4, -0.2) is 30.0 Å². The molecular weight excluding hydrogens is 357 g/mol. The number of para-hydroxylation sites is 1. The highest BCUT2D eigenvalue weighted by Crippen LogP contribution is 2.55. The Morgan fingerprint density at radius 1 is 1.15 bits per heavy atom. The van der Waals surface area contributed by atoms with E-state index in [1.54, 1.807) is 24.3 Å². The molecule has 0 unspecified atom stereocenters. The van der Waals surface area contributed by atoms with Gasteiger partial charge in [-0.3, -0.25) is 24.2 Å². The smallest absolute Gasteiger partial charge is 0.269 e. The first kappa shape index (κ1) is 16.6. The van der Waals surface area contributed by atoms with Gasteiger partial charge in [0.2, 0.25) is 16.7 Å². The van der Waals surface area contributed by atoms with E-state index in [2.05, 4.69) is 0 Å². The number of hydrogen-bond donors (Lipinski definition) is 1. The van der Waals surface area contributed by atoms with E-state index < -0.39 is 22.5 Å².